The Morgan fingerprint density at radius 1 is 0.896 bits per heavy atom. The minimum absolute atomic E-state index is 0.0686. The number of sulfone groups is 1. The minimum Gasteiger partial charge on any atom is -0.390 e. The lowest BCUT2D eigenvalue weighted by Crippen LogP contribution is -2.64. The van der Waals surface area contributed by atoms with Crippen LogP contribution in [0.4, 0.5) is 0 Å². The maximum absolute atomic E-state index is 14.1. The molecule has 6 unspecified atom stereocenters. The second-order valence-electron chi connectivity index (χ2n) is 15.3. The average molecular weight is 683 g/mol. The standard InChI is InChI=1S/C37H54N4O6S/c1-36(2,3)40-34(44)30-22-27-19-13-14-20-28(27)23-41(30)24-31(42)29(21-25-15-9-7-10-16-25)38-35(45)32(37(4,5)48(6,46)47)39-33(43)26-17-11-8-12-18-26/h7-12,15-18,27-32,42H,13-14,19-24H2,1-6H3,(H,38,45)(H,39,43)(H,40,44). The number of piperidine rings is 1. The van der Waals surface area contributed by atoms with Gasteiger partial charge in [-0.05, 0) is 83.4 Å². The summed E-state index contributed by atoms with van der Waals surface area (Å²) >= 11 is 0. The Balaban J connectivity index is 1.63. The molecule has 1 aliphatic carbocycles. The molecule has 2 aromatic rings. The molecule has 1 heterocycles. The van der Waals surface area contributed by atoms with Gasteiger partial charge in [0.25, 0.3) is 5.91 Å². The van der Waals surface area contributed by atoms with Crippen LogP contribution < -0.4 is 16.0 Å². The molecule has 0 radical (unpaired) electrons. The van der Waals surface area contributed by atoms with Crippen LogP contribution in [0.5, 0.6) is 0 Å². The Morgan fingerprint density at radius 2 is 1.48 bits per heavy atom. The van der Waals surface area contributed by atoms with Gasteiger partial charge in [-0.25, -0.2) is 8.42 Å². The largest absolute Gasteiger partial charge is 0.390 e. The monoisotopic (exact) mass is 682 g/mol. The first kappa shape index (κ1) is 37.5. The highest BCUT2D eigenvalue weighted by Gasteiger charge is 2.46. The summed E-state index contributed by atoms with van der Waals surface area (Å²) in [6.07, 6.45) is 5.39. The summed E-state index contributed by atoms with van der Waals surface area (Å²) in [6, 6.07) is 15.0. The van der Waals surface area contributed by atoms with Gasteiger partial charge in [0.15, 0.2) is 9.84 Å². The highest BCUT2D eigenvalue weighted by molar-refractivity contribution is 7.92. The van der Waals surface area contributed by atoms with Crippen molar-refractivity contribution in [3.63, 3.8) is 0 Å². The molecule has 6 atom stereocenters. The smallest absolute Gasteiger partial charge is 0.251 e. The molecule has 264 valence electrons. The molecule has 10 nitrogen and oxygen atoms in total. The number of hydrogen-bond donors (Lipinski definition) is 4. The van der Waals surface area contributed by atoms with Crippen molar-refractivity contribution in [3.05, 3.63) is 71.8 Å². The molecule has 11 heteroatoms. The van der Waals surface area contributed by atoms with E-state index in [2.05, 4.69) is 20.9 Å². The zero-order valence-electron chi connectivity index (χ0n) is 29.2. The number of likely N-dealkylation sites (tertiary alicyclic amines) is 1. The zero-order chi connectivity index (χ0) is 35.3. The molecular formula is C37H54N4O6S. The number of aliphatic hydroxyl groups is 1. The second-order valence-corrected chi connectivity index (χ2v) is 17.9. The lowest BCUT2D eigenvalue weighted by molar-refractivity contribution is -0.133. The molecule has 2 aliphatic rings. The molecule has 48 heavy (non-hydrogen) atoms. The van der Waals surface area contributed by atoms with Crippen molar-refractivity contribution < 1.29 is 27.9 Å². The summed E-state index contributed by atoms with van der Waals surface area (Å²) in [5, 5.41) is 20.6. The minimum atomic E-state index is -3.85. The van der Waals surface area contributed by atoms with Gasteiger partial charge in [-0.15, -0.1) is 0 Å². The van der Waals surface area contributed by atoms with Crippen molar-refractivity contribution in [1.82, 2.24) is 20.9 Å². The molecular weight excluding hydrogens is 628 g/mol. The average Bonchev–Trinajstić information content (AvgIpc) is 3.02. The Hall–Kier alpha value is -3.28. The molecule has 1 aliphatic heterocycles. The summed E-state index contributed by atoms with van der Waals surface area (Å²) < 4.78 is 24.3. The van der Waals surface area contributed by atoms with Crippen molar-refractivity contribution in [1.29, 1.82) is 0 Å². The molecule has 0 aromatic heterocycles. The number of fused-ring (bicyclic) bond motifs is 1. The fourth-order valence-electron chi connectivity index (χ4n) is 6.98. The quantitative estimate of drug-likeness (QED) is 0.268. The van der Waals surface area contributed by atoms with E-state index in [1.807, 2.05) is 51.1 Å². The highest BCUT2D eigenvalue weighted by Crippen LogP contribution is 2.39. The van der Waals surface area contributed by atoms with Crippen LogP contribution in [0.1, 0.15) is 82.6 Å². The lowest BCUT2D eigenvalue weighted by Gasteiger charge is -2.47. The van der Waals surface area contributed by atoms with E-state index in [0.717, 1.165) is 37.5 Å². The van der Waals surface area contributed by atoms with Gasteiger partial charge in [0.1, 0.15) is 6.04 Å². The van der Waals surface area contributed by atoms with Crippen LogP contribution in [0.3, 0.4) is 0 Å². The molecule has 4 N–H and O–H groups in total. The van der Waals surface area contributed by atoms with Gasteiger partial charge in [-0.3, -0.25) is 19.3 Å². The van der Waals surface area contributed by atoms with Crippen molar-refractivity contribution in [3.8, 4) is 0 Å². The SMILES string of the molecule is CC(C)(C)NC(=O)C1CC2CCCCC2CN1CC(O)C(Cc1ccccc1)NC(=O)C(NC(=O)c1ccccc1)C(C)(C)S(C)(=O)=O. The van der Waals surface area contributed by atoms with E-state index in [1.54, 1.807) is 30.3 Å². The summed E-state index contributed by atoms with van der Waals surface area (Å²) in [5.41, 5.74) is 0.730. The van der Waals surface area contributed by atoms with Gasteiger partial charge >= 0.3 is 0 Å². The molecule has 0 spiro atoms. The summed E-state index contributed by atoms with van der Waals surface area (Å²) in [7, 11) is -3.85. The van der Waals surface area contributed by atoms with Crippen molar-refractivity contribution in [2.75, 3.05) is 19.3 Å². The Morgan fingerprint density at radius 3 is 2.06 bits per heavy atom. The molecule has 0 bridgehead atoms. The van der Waals surface area contributed by atoms with Gasteiger partial charge in [0.05, 0.1) is 22.9 Å². The van der Waals surface area contributed by atoms with Crippen LogP contribution >= 0.6 is 0 Å². The Bertz CT molecular complexity index is 1510. The van der Waals surface area contributed by atoms with Crippen LogP contribution in [0.25, 0.3) is 0 Å². The number of amides is 3. The third kappa shape index (κ3) is 9.66. The van der Waals surface area contributed by atoms with E-state index in [4.69, 9.17) is 0 Å². The summed E-state index contributed by atoms with van der Waals surface area (Å²) in [4.78, 5) is 43.1. The van der Waals surface area contributed by atoms with E-state index >= 15 is 0 Å². The summed E-state index contributed by atoms with van der Waals surface area (Å²) in [5.74, 6) is -0.492. The molecule has 4 rings (SSSR count). The molecule has 2 aromatic carbocycles. The van der Waals surface area contributed by atoms with Gasteiger partial charge in [0.2, 0.25) is 11.8 Å². The highest BCUT2D eigenvalue weighted by atomic mass is 32.2. The van der Waals surface area contributed by atoms with Gasteiger partial charge in [0, 0.05) is 30.4 Å². The number of carbonyl (C=O) groups is 3. The van der Waals surface area contributed by atoms with Crippen molar-refractivity contribution >= 4 is 27.6 Å². The number of β-amino-alcohol motifs (C(OH)–C–C–N with tert-alkyl or cyclic N) is 1. The fraction of sp³-hybridized carbons (Fsp3) is 0.595. The third-order valence-corrected chi connectivity index (χ3v) is 12.2. The molecule has 1 saturated heterocycles. The first-order valence-corrected chi connectivity index (χ1v) is 19.0. The van der Waals surface area contributed by atoms with Gasteiger partial charge in [-0.1, -0.05) is 67.8 Å². The van der Waals surface area contributed by atoms with Gasteiger partial charge < -0.3 is 21.1 Å². The second kappa shape index (κ2) is 15.5. The topological polar surface area (TPSA) is 145 Å². The molecule has 1 saturated carbocycles. The fourth-order valence-corrected chi connectivity index (χ4v) is 7.58. The normalized spacial score (nSPS) is 22.4. The van der Waals surface area contributed by atoms with Crippen molar-refractivity contribution in [2.24, 2.45) is 11.8 Å². The van der Waals surface area contributed by atoms with E-state index in [9.17, 15) is 27.9 Å². The number of hydrogen-bond acceptors (Lipinski definition) is 7. The summed E-state index contributed by atoms with van der Waals surface area (Å²) in [6.45, 7) is 9.49. The first-order valence-electron chi connectivity index (χ1n) is 17.1. The number of aliphatic hydroxyl groups excluding tert-OH is 1. The van der Waals surface area contributed by atoms with E-state index < -0.39 is 56.2 Å². The maximum Gasteiger partial charge on any atom is 0.251 e. The number of nitrogens with one attached hydrogen (secondary N) is 3. The third-order valence-electron chi connectivity index (χ3n) is 10.0. The first-order chi connectivity index (χ1) is 22.5. The molecule has 2 fully saturated rings. The predicted molar refractivity (Wildman–Crippen MR) is 188 cm³/mol. The predicted octanol–water partition coefficient (Wildman–Crippen LogP) is 3.49. The number of rotatable bonds is 12. The zero-order valence-corrected chi connectivity index (χ0v) is 30.1. The van der Waals surface area contributed by atoms with Crippen molar-refractivity contribution in [2.45, 2.75) is 108 Å². The number of benzene rings is 2. The number of nitrogens with zero attached hydrogens (tertiary/aromatic N) is 1. The van der Waals surface area contributed by atoms with Crippen LogP contribution in [0.2, 0.25) is 0 Å². The Labute approximate surface area is 286 Å². The van der Waals surface area contributed by atoms with E-state index in [-0.39, 0.29) is 24.4 Å². The number of carbonyl (C=O) groups excluding carboxylic acids is 3. The Kier molecular flexibility index (Phi) is 12.1. The van der Waals surface area contributed by atoms with Gasteiger partial charge in [-0.2, -0.15) is 0 Å². The van der Waals surface area contributed by atoms with Crippen LogP contribution in [-0.4, -0.2) is 90.0 Å². The van der Waals surface area contributed by atoms with Crippen LogP contribution in [0.15, 0.2) is 60.7 Å². The maximum atomic E-state index is 14.1. The van der Waals surface area contributed by atoms with E-state index in [0.29, 0.717) is 24.8 Å². The van der Waals surface area contributed by atoms with E-state index in [1.165, 1.54) is 13.8 Å². The molecule has 3 amide bonds. The van der Waals surface area contributed by atoms with Crippen LogP contribution in [-0.2, 0) is 25.8 Å². The lowest BCUT2D eigenvalue weighted by atomic mass is 9.72. The van der Waals surface area contributed by atoms with Crippen LogP contribution in [0, 0.1) is 11.8 Å².